The number of Topliss-reactive ketones (excluding diaryl/α,β-unsaturated/α-hetero) is 2. The molecule has 12 rings (SSSR count). The number of thiazole rings is 2. The zero-order valence-corrected chi connectivity index (χ0v) is 56.5. The number of hydrogen-bond donors (Lipinski definition) is 1. The smallest absolute Gasteiger partial charge is 0.870 e. The molecular weight excluding hydrogens is 1270 g/mol. The third kappa shape index (κ3) is 16.3. The van der Waals surface area contributed by atoms with E-state index >= 15 is 0 Å². The Hall–Kier alpha value is -4.92. The molecule has 6 heterocycles. The molecule has 2 aliphatic carbocycles. The number of carbonyl (C=O) groups excluding carboxylic acids is 5. The van der Waals surface area contributed by atoms with E-state index in [9.17, 15) is 33.9 Å². The van der Waals surface area contributed by atoms with Crippen LogP contribution in [0.3, 0.4) is 0 Å². The van der Waals surface area contributed by atoms with E-state index in [1.54, 1.807) is 21.9 Å². The van der Waals surface area contributed by atoms with E-state index < -0.39 is 41.1 Å². The van der Waals surface area contributed by atoms with Crippen LogP contribution in [0.5, 0.6) is 10.4 Å². The summed E-state index contributed by atoms with van der Waals surface area (Å²) in [5, 5.41) is 13.2. The maximum atomic E-state index is 14.4. The molecule has 2 N–H and O–H groups in total. The summed E-state index contributed by atoms with van der Waals surface area (Å²) < 4.78 is 19.8. The number of esters is 1. The Morgan fingerprint density at radius 1 is 0.607 bits per heavy atom. The Bertz CT molecular complexity index is 3530. The number of aromatic nitrogens is 2. The van der Waals surface area contributed by atoms with Crippen molar-refractivity contribution in [3.8, 4) is 10.4 Å². The SMILES string of the molecule is COC(=O)[C@]12CC(=O)[C@@H]3C[C@@H](Oc4nc5ccccc5s4)CN3C(=O)[C@@H](Cc3cc(Cl)cc(Cl)c3)CCCCC/C=C\[C@@H]1C2.O=C1C[C@]2(C(=O)O)C[C@H]2/C=C\CCCCC[C@H](Cc2cc(Cl)cc(Cl)c2)C(=O)N2C[C@H](Oc3nc4ccccc4s3)C[C@@H]12.[Na+].[OH-]. The van der Waals surface area contributed by atoms with E-state index in [0.29, 0.717) is 81.8 Å². The summed E-state index contributed by atoms with van der Waals surface area (Å²) in [4.78, 5) is 94.7. The van der Waals surface area contributed by atoms with Crippen LogP contribution in [0.1, 0.15) is 114 Å². The molecule has 4 aliphatic heterocycles. The number of nitrogens with zero attached hydrogens (tertiary/aromatic N) is 4. The number of para-hydroxylation sites is 2. The summed E-state index contributed by atoms with van der Waals surface area (Å²) in [7, 11) is 1.37. The van der Waals surface area contributed by atoms with Gasteiger partial charge in [0.1, 0.15) is 12.2 Å². The second-order valence-electron chi connectivity index (χ2n) is 24.4. The number of ketones is 2. The van der Waals surface area contributed by atoms with E-state index in [4.69, 9.17) is 60.6 Å². The minimum Gasteiger partial charge on any atom is -0.870 e. The van der Waals surface area contributed by atoms with Crippen LogP contribution in [-0.2, 0) is 46.3 Å². The fourth-order valence-corrected chi connectivity index (χ4v) is 16.4. The molecule has 4 fully saturated rings. The first kappa shape index (κ1) is 68.4. The van der Waals surface area contributed by atoms with Crippen LogP contribution < -0.4 is 39.0 Å². The number of carboxylic acids is 1. The minimum atomic E-state index is -1.11. The van der Waals surface area contributed by atoms with Gasteiger partial charge in [-0.3, -0.25) is 28.8 Å². The first-order chi connectivity index (χ1) is 42.0. The third-order valence-electron chi connectivity index (χ3n) is 18.3. The molecular formula is C67H71Cl4N4NaO11S2. The average molecular weight is 1340 g/mol. The molecule has 22 heteroatoms. The van der Waals surface area contributed by atoms with Crippen molar-refractivity contribution in [2.24, 2.45) is 34.5 Å². The number of fused-ring (bicyclic) bond motifs is 6. The van der Waals surface area contributed by atoms with E-state index in [1.165, 1.54) is 29.8 Å². The average Bonchev–Trinajstić information content (AvgIpc) is 1.64. The molecule has 0 radical (unpaired) electrons. The molecule has 0 unspecified atom stereocenters. The van der Waals surface area contributed by atoms with E-state index in [-0.39, 0.29) is 114 Å². The summed E-state index contributed by atoms with van der Waals surface area (Å²) in [6.07, 6.45) is 18.6. The molecule has 2 saturated heterocycles. The van der Waals surface area contributed by atoms with Gasteiger partial charge < -0.3 is 34.6 Å². The topological polar surface area (TPSA) is 213 Å². The van der Waals surface area contributed by atoms with Crippen LogP contribution >= 0.6 is 69.1 Å². The number of carboxylic acid groups (broad SMARTS) is 1. The number of rotatable bonds is 10. The summed E-state index contributed by atoms with van der Waals surface area (Å²) in [5.74, 6) is -2.80. The van der Waals surface area contributed by atoms with Gasteiger partial charge >= 0.3 is 41.5 Å². The summed E-state index contributed by atoms with van der Waals surface area (Å²) in [5.41, 5.74) is 1.45. The Kier molecular flexibility index (Phi) is 23.2. The predicted octanol–water partition coefficient (Wildman–Crippen LogP) is 11.7. The number of benzene rings is 4. The van der Waals surface area contributed by atoms with Gasteiger partial charge in [0.15, 0.2) is 11.6 Å². The first-order valence-corrected chi connectivity index (χ1v) is 33.4. The van der Waals surface area contributed by atoms with Gasteiger partial charge in [-0.05, 0) is 148 Å². The monoisotopic (exact) mass is 1330 g/mol. The Labute approximate surface area is 568 Å². The van der Waals surface area contributed by atoms with Gasteiger partial charge in [-0.2, -0.15) is 0 Å². The van der Waals surface area contributed by atoms with Crippen molar-refractivity contribution < 1.29 is 83.1 Å². The fourth-order valence-electron chi connectivity index (χ4n) is 13.5. The van der Waals surface area contributed by atoms with Crippen molar-refractivity contribution in [3.05, 3.63) is 140 Å². The van der Waals surface area contributed by atoms with Gasteiger partial charge in [0.2, 0.25) is 11.8 Å². The molecule has 6 aromatic rings. The molecule has 466 valence electrons. The molecule has 4 aromatic carbocycles. The normalized spacial score (nSPS) is 28.1. The molecule has 6 aliphatic rings. The molecule has 2 amide bonds. The van der Waals surface area contributed by atoms with E-state index in [1.807, 2.05) is 78.9 Å². The van der Waals surface area contributed by atoms with Gasteiger partial charge in [-0.15, -0.1) is 0 Å². The van der Waals surface area contributed by atoms with Crippen LogP contribution in [0.15, 0.2) is 109 Å². The maximum absolute atomic E-state index is 14.4. The van der Waals surface area contributed by atoms with Crippen LogP contribution in [0.4, 0.5) is 0 Å². The molecule has 2 saturated carbocycles. The number of carbonyl (C=O) groups is 6. The molecule has 2 aromatic heterocycles. The maximum Gasteiger partial charge on any atom is 1.00 e. The third-order valence-corrected chi connectivity index (χ3v) is 21.0. The quantitative estimate of drug-likeness (QED) is 0.0769. The van der Waals surface area contributed by atoms with E-state index in [2.05, 4.69) is 28.2 Å². The largest absolute Gasteiger partial charge is 1.00 e. The summed E-state index contributed by atoms with van der Waals surface area (Å²) >= 11 is 28.1. The van der Waals surface area contributed by atoms with Crippen molar-refractivity contribution in [1.29, 1.82) is 0 Å². The number of hydrogen-bond acceptors (Lipinski definition) is 14. The fraction of sp³-hybridized carbons (Fsp3) is 0.463. The second-order valence-corrected chi connectivity index (χ2v) is 28.1. The van der Waals surface area contributed by atoms with Gasteiger partial charge in [0.25, 0.3) is 10.4 Å². The number of methoxy groups -OCH3 is 1. The van der Waals surface area contributed by atoms with Crippen molar-refractivity contribution in [2.45, 2.75) is 140 Å². The molecule has 89 heavy (non-hydrogen) atoms. The zero-order chi connectivity index (χ0) is 61.0. The number of allylic oxidation sites excluding steroid dienone is 4. The molecule has 15 nitrogen and oxygen atoms in total. The van der Waals surface area contributed by atoms with Crippen molar-refractivity contribution >= 4 is 125 Å². The Morgan fingerprint density at radius 2 is 1.02 bits per heavy atom. The number of ether oxygens (including phenoxy) is 3. The van der Waals surface area contributed by atoms with Gasteiger partial charge in [-0.1, -0.05) is 143 Å². The van der Waals surface area contributed by atoms with Crippen molar-refractivity contribution in [2.75, 3.05) is 20.2 Å². The standard InChI is InChI=1S/C34H36Cl2N2O5S.C33H34Cl2N2O5S.Na.H2O/c1-42-32(41)34-18-23(34)10-6-4-2-3-5-9-22(13-21-14-24(35)16-25(36)15-21)31(40)38-20-26(17-28(38)29(39)19-34)43-33-37-27-11-7-8-12-30(27)44-33;34-23-13-20(14-24(35)15-23)12-21-8-4-2-1-3-5-9-22-17-33(22,31(40)41)18-28(38)27-16-25(19-37(27)30(21)39)42-32-36-26-10-6-7-11-29(26)43-32;;/h6-8,10-12,14-16,22-23,26,28H,2-5,9,13,17-20H2,1H3;5-7,9-11,13-15,21-22,25,27H,1-4,8,12,16-19H2,(H,40,41);;1H2/q;;+1;/p-1/b10-6-;9-5-;;/t22-,23-,26-,28+,34-;21-,22-,25-,27+,33-;;/m11../s1. The summed E-state index contributed by atoms with van der Waals surface area (Å²) in [6, 6.07) is 24.8. The number of amides is 2. The second kappa shape index (κ2) is 30.2. The van der Waals surface area contributed by atoms with E-state index in [0.717, 1.165) is 82.9 Å². The van der Waals surface area contributed by atoms with Crippen LogP contribution in [0.25, 0.3) is 20.4 Å². The first-order valence-electron chi connectivity index (χ1n) is 30.2. The van der Waals surface area contributed by atoms with Gasteiger partial charge in [0, 0.05) is 57.6 Å². The van der Waals surface area contributed by atoms with Crippen molar-refractivity contribution in [3.63, 3.8) is 0 Å². The summed E-state index contributed by atoms with van der Waals surface area (Å²) in [6.45, 7) is 0.508. The molecule has 0 spiro atoms. The van der Waals surface area contributed by atoms with Crippen LogP contribution in [0, 0.1) is 34.5 Å². The van der Waals surface area contributed by atoms with Gasteiger partial charge in [0.05, 0.1) is 63.5 Å². The number of halogens is 4. The Morgan fingerprint density at radius 3 is 1.45 bits per heavy atom. The molecule has 10 atom stereocenters. The molecule has 0 bridgehead atoms. The predicted molar refractivity (Wildman–Crippen MR) is 342 cm³/mol. The van der Waals surface area contributed by atoms with Crippen LogP contribution in [0.2, 0.25) is 20.1 Å². The Balaban J connectivity index is 0.000000207. The minimum absolute atomic E-state index is 0. The van der Waals surface area contributed by atoms with Gasteiger partial charge in [-0.25, -0.2) is 9.97 Å². The zero-order valence-electron chi connectivity index (χ0n) is 49.8. The number of aliphatic carboxylic acids is 1. The van der Waals surface area contributed by atoms with Crippen molar-refractivity contribution in [1.82, 2.24) is 19.8 Å². The van der Waals surface area contributed by atoms with Crippen LogP contribution in [-0.4, -0.2) is 110 Å².